The number of carbonyl (C=O) groups excluding carboxylic acids is 1. The van der Waals surface area contributed by atoms with Crippen LogP contribution in [0.2, 0.25) is 0 Å². The van der Waals surface area contributed by atoms with Gasteiger partial charge in [-0.3, -0.25) is 4.79 Å². The van der Waals surface area contributed by atoms with Gasteiger partial charge in [0.25, 0.3) is 0 Å². The van der Waals surface area contributed by atoms with Crippen LogP contribution in [0.3, 0.4) is 0 Å². The Balaban J connectivity index is 3.42. The highest BCUT2D eigenvalue weighted by Crippen LogP contribution is 2.14. The second-order valence-electron chi connectivity index (χ2n) is 13.4. The zero-order chi connectivity index (χ0) is 32.7. The Labute approximate surface area is 281 Å². The molecular weight excluding hydrogens is 556 g/mol. The van der Waals surface area contributed by atoms with Crippen LogP contribution in [0.4, 0.5) is 0 Å². The number of aliphatic hydroxyl groups is 1. The number of rotatable bonds is 37. The van der Waals surface area contributed by atoms with E-state index in [9.17, 15) is 9.90 Å². The predicted molar refractivity (Wildman–Crippen MR) is 196 cm³/mol. The fourth-order valence-electron chi connectivity index (χ4n) is 5.77. The Morgan fingerprint density at radius 1 is 0.533 bits per heavy atom. The molecule has 4 heteroatoms. The normalized spacial score (nSPS) is 12.5. The molecule has 0 radical (unpaired) electrons. The number of ether oxygens (including phenoxy) is 2. The lowest BCUT2D eigenvalue weighted by Gasteiger charge is -2.16. The van der Waals surface area contributed by atoms with Gasteiger partial charge in [0.1, 0.15) is 6.10 Å². The molecule has 0 saturated carbocycles. The molecule has 1 N–H and O–H groups in total. The molecule has 0 rings (SSSR count). The Kier molecular flexibility index (Phi) is 38.1. The van der Waals surface area contributed by atoms with Gasteiger partial charge in [-0.25, -0.2) is 0 Å². The van der Waals surface area contributed by atoms with Gasteiger partial charge in [0.05, 0.1) is 13.2 Å². The smallest absolute Gasteiger partial charge is 0.306 e. The maximum Gasteiger partial charge on any atom is 0.306 e. The van der Waals surface area contributed by atoms with E-state index in [0.29, 0.717) is 19.6 Å². The molecule has 1 unspecified atom stereocenters. The van der Waals surface area contributed by atoms with Crippen LogP contribution in [0.1, 0.15) is 206 Å². The second kappa shape index (κ2) is 39.1. The molecule has 0 fully saturated rings. The second-order valence-corrected chi connectivity index (χ2v) is 13.4. The van der Waals surface area contributed by atoms with Gasteiger partial charge in [0, 0.05) is 13.0 Å². The van der Waals surface area contributed by atoms with Gasteiger partial charge in [-0.2, -0.15) is 0 Å². The van der Waals surface area contributed by atoms with Gasteiger partial charge in [-0.1, -0.05) is 179 Å². The van der Waals surface area contributed by atoms with Crippen molar-refractivity contribution in [1.29, 1.82) is 0 Å². The van der Waals surface area contributed by atoms with Crippen molar-refractivity contribution in [2.24, 2.45) is 0 Å². The van der Waals surface area contributed by atoms with Crippen LogP contribution in [0.15, 0.2) is 24.3 Å². The Morgan fingerprint density at radius 2 is 0.933 bits per heavy atom. The number of allylic oxidation sites excluding steroid dienone is 4. The number of hydrogen-bond donors (Lipinski definition) is 1. The molecule has 0 spiro atoms. The largest absolute Gasteiger partial charge is 0.457 e. The molecule has 0 amide bonds. The lowest BCUT2D eigenvalue weighted by molar-refractivity contribution is -0.154. The van der Waals surface area contributed by atoms with E-state index in [0.717, 1.165) is 25.7 Å². The first-order valence-corrected chi connectivity index (χ1v) is 19.9. The Hall–Kier alpha value is -1.13. The summed E-state index contributed by atoms with van der Waals surface area (Å²) in [6, 6.07) is 0. The number of aliphatic hydroxyl groups excluding tert-OH is 1. The fraction of sp³-hybridized carbons (Fsp3) is 0.878. The number of hydrogen-bond acceptors (Lipinski definition) is 4. The van der Waals surface area contributed by atoms with Crippen molar-refractivity contribution in [1.82, 2.24) is 0 Å². The van der Waals surface area contributed by atoms with Gasteiger partial charge in [-0.05, 0) is 44.9 Å². The molecule has 266 valence electrons. The van der Waals surface area contributed by atoms with Crippen LogP contribution in [0.25, 0.3) is 0 Å². The summed E-state index contributed by atoms with van der Waals surface area (Å²) >= 11 is 0. The van der Waals surface area contributed by atoms with Crippen LogP contribution >= 0.6 is 0 Å². The number of esters is 1. The van der Waals surface area contributed by atoms with E-state index in [2.05, 4.69) is 38.2 Å². The highest BCUT2D eigenvalue weighted by atomic mass is 16.6. The summed E-state index contributed by atoms with van der Waals surface area (Å²) < 4.78 is 11.1. The van der Waals surface area contributed by atoms with E-state index < -0.39 is 6.10 Å². The summed E-state index contributed by atoms with van der Waals surface area (Å²) in [6.45, 7) is 5.34. The van der Waals surface area contributed by atoms with E-state index in [1.54, 1.807) is 0 Å². The average Bonchev–Trinajstić information content (AvgIpc) is 3.05. The van der Waals surface area contributed by atoms with Crippen LogP contribution < -0.4 is 0 Å². The van der Waals surface area contributed by atoms with Gasteiger partial charge >= 0.3 is 5.97 Å². The van der Waals surface area contributed by atoms with E-state index in [1.165, 1.54) is 161 Å². The van der Waals surface area contributed by atoms with Gasteiger partial charge in [0.15, 0.2) is 0 Å². The Bertz CT molecular complexity index is 629. The highest BCUT2D eigenvalue weighted by molar-refractivity contribution is 5.69. The molecule has 0 aliphatic carbocycles. The van der Waals surface area contributed by atoms with Crippen molar-refractivity contribution in [2.45, 2.75) is 213 Å². The first-order chi connectivity index (χ1) is 22.2. The molecule has 0 aromatic carbocycles. The molecule has 0 aliphatic heterocycles. The van der Waals surface area contributed by atoms with Crippen molar-refractivity contribution < 1.29 is 19.4 Å². The molecule has 0 aromatic heterocycles. The van der Waals surface area contributed by atoms with Crippen molar-refractivity contribution in [2.75, 3.05) is 19.8 Å². The third-order valence-electron chi connectivity index (χ3n) is 8.78. The monoisotopic (exact) mass is 635 g/mol. The molecule has 0 saturated heterocycles. The van der Waals surface area contributed by atoms with E-state index in [4.69, 9.17) is 9.47 Å². The molecule has 45 heavy (non-hydrogen) atoms. The average molecular weight is 635 g/mol. The topological polar surface area (TPSA) is 55.8 Å². The van der Waals surface area contributed by atoms with Crippen molar-refractivity contribution in [3.63, 3.8) is 0 Å². The molecule has 0 bridgehead atoms. The maximum absolute atomic E-state index is 12.2. The minimum Gasteiger partial charge on any atom is -0.457 e. The highest BCUT2D eigenvalue weighted by Gasteiger charge is 2.13. The van der Waals surface area contributed by atoms with Gasteiger partial charge in [-0.15, -0.1) is 0 Å². The lowest BCUT2D eigenvalue weighted by Crippen LogP contribution is -2.27. The third kappa shape index (κ3) is 37.2. The van der Waals surface area contributed by atoms with Crippen LogP contribution in [0, 0.1) is 0 Å². The van der Waals surface area contributed by atoms with Crippen molar-refractivity contribution >= 4 is 5.97 Å². The van der Waals surface area contributed by atoms with Crippen molar-refractivity contribution in [3.05, 3.63) is 24.3 Å². The van der Waals surface area contributed by atoms with E-state index in [-0.39, 0.29) is 12.6 Å². The minimum absolute atomic E-state index is 0.171. The molecule has 1 atom stereocenters. The van der Waals surface area contributed by atoms with Crippen molar-refractivity contribution in [3.8, 4) is 0 Å². The summed E-state index contributed by atoms with van der Waals surface area (Å²) in [7, 11) is 0. The molecular formula is C41H78O4. The zero-order valence-electron chi connectivity index (χ0n) is 30.4. The lowest BCUT2D eigenvalue weighted by atomic mass is 10.0. The summed E-state index contributed by atoms with van der Waals surface area (Å²) in [5.41, 5.74) is 0. The van der Waals surface area contributed by atoms with Crippen LogP contribution in [-0.4, -0.2) is 37.0 Å². The van der Waals surface area contributed by atoms with Gasteiger partial charge in [0.2, 0.25) is 0 Å². The molecule has 0 heterocycles. The van der Waals surface area contributed by atoms with Crippen LogP contribution in [0.5, 0.6) is 0 Å². The summed E-state index contributed by atoms with van der Waals surface area (Å²) in [6.07, 6.45) is 46.5. The Morgan fingerprint density at radius 3 is 1.42 bits per heavy atom. The molecule has 0 aromatic rings. The SMILES string of the molecule is CCCCC/C=C\C/C=C\CCCCCCCCCC(=O)OC(CO)COCCCCCCCCCCCCCCCCCC. The summed E-state index contributed by atoms with van der Waals surface area (Å²) in [5.74, 6) is -0.206. The minimum atomic E-state index is -0.533. The maximum atomic E-state index is 12.2. The predicted octanol–water partition coefficient (Wildman–Crippen LogP) is 12.8. The third-order valence-corrected chi connectivity index (χ3v) is 8.78. The zero-order valence-corrected chi connectivity index (χ0v) is 30.4. The molecule has 0 aliphatic rings. The number of unbranched alkanes of at least 4 members (excludes halogenated alkanes) is 25. The first-order valence-electron chi connectivity index (χ1n) is 19.9. The summed E-state index contributed by atoms with van der Waals surface area (Å²) in [4.78, 5) is 12.2. The quantitative estimate of drug-likeness (QED) is 0.0420. The number of carbonyl (C=O) groups is 1. The fourth-order valence-corrected chi connectivity index (χ4v) is 5.77. The molecule has 4 nitrogen and oxygen atoms in total. The van der Waals surface area contributed by atoms with Gasteiger partial charge < -0.3 is 14.6 Å². The first kappa shape index (κ1) is 43.9. The summed E-state index contributed by atoms with van der Waals surface area (Å²) in [5, 5.41) is 9.57. The standard InChI is InChI=1S/C41H78O4/c1-3-5-7-9-11-13-15-17-19-21-22-24-26-28-30-32-34-36-41(43)45-40(38-42)39-44-37-35-33-31-29-27-25-23-20-18-16-14-12-10-8-6-4-2/h11,13,17,19,40,42H,3-10,12,14-16,18,20-39H2,1-2H3/b13-11-,19-17-. The van der Waals surface area contributed by atoms with Crippen LogP contribution in [-0.2, 0) is 14.3 Å². The van der Waals surface area contributed by atoms with E-state index >= 15 is 0 Å². The van der Waals surface area contributed by atoms with E-state index in [1.807, 2.05) is 0 Å².